The normalized spacial score (nSPS) is 18.2. The molecule has 0 bridgehead atoms. The van der Waals surface area contributed by atoms with Gasteiger partial charge in [0.1, 0.15) is 6.04 Å². The molecule has 1 fully saturated rings. The molecule has 2 amide bonds. The number of amides is 2. The van der Waals surface area contributed by atoms with Crippen LogP contribution in [0.5, 0.6) is 0 Å². The van der Waals surface area contributed by atoms with Crippen LogP contribution in [0, 0.1) is 0 Å². The van der Waals surface area contributed by atoms with E-state index in [1.807, 2.05) is 18.7 Å². The minimum absolute atomic E-state index is 0.0122. The van der Waals surface area contributed by atoms with E-state index in [-0.39, 0.29) is 17.9 Å². The number of nitrogens with zero attached hydrogens (tertiary/aromatic N) is 1. The molecule has 0 saturated carbocycles. The Morgan fingerprint density at radius 3 is 3.05 bits per heavy atom. The Morgan fingerprint density at radius 1 is 1.45 bits per heavy atom. The molecule has 2 rings (SSSR count). The number of likely N-dealkylation sites (tertiary alicyclic amines) is 1. The summed E-state index contributed by atoms with van der Waals surface area (Å²) in [5.41, 5.74) is 0. The van der Waals surface area contributed by atoms with Gasteiger partial charge < -0.3 is 10.2 Å². The zero-order valence-corrected chi connectivity index (χ0v) is 14.7. The average Bonchev–Trinajstić information content (AvgIpc) is 3.07. The Bertz CT molecular complexity index is 477. The maximum atomic E-state index is 12.3. The van der Waals surface area contributed by atoms with Gasteiger partial charge in [0.15, 0.2) is 0 Å². The van der Waals surface area contributed by atoms with Gasteiger partial charge in [0.05, 0.1) is 0 Å². The topological polar surface area (TPSA) is 49.4 Å². The van der Waals surface area contributed by atoms with Gasteiger partial charge in [0, 0.05) is 35.9 Å². The van der Waals surface area contributed by atoms with Gasteiger partial charge in [-0.2, -0.15) is 11.8 Å². The van der Waals surface area contributed by atoms with Gasteiger partial charge in [0.2, 0.25) is 11.8 Å². The van der Waals surface area contributed by atoms with Crippen LogP contribution in [-0.2, 0) is 15.3 Å². The van der Waals surface area contributed by atoms with E-state index < -0.39 is 0 Å². The van der Waals surface area contributed by atoms with Crippen molar-refractivity contribution >= 4 is 34.9 Å². The summed E-state index contributed by atoms with van der Waals surface area (Å²) in [6, 6.07) is 3.93. The summed E-state index contributed by atoms with van der Waals surface area (Å²) in [7, 11) is 0. The first-order chi connectivity index (χ1) is 10.7. The van der Waals surface area contributed by atoms with Crippen LogP contribution in [0.1, 0.15) is 37.5 Å². The van der Waals surface area contributed by atoms with Crippen LogP contribution in [0.2, 0.25) is 0 Å². The highest BCUT2D eigenvalue weighted by Crippen LogP contribution is 2.19. The lowest BCUT2D eigenvalue weighted by Crippen LogP contribution is -2.52. The zero-order valence-electron chi connectivity index (χ0n) is 13.0. The van der Waals surface area contributed by atoms with Gasteiger partial charge in [-0.15, -0.1) is 11.3 Å². The molecule has 1 atom stereocenters. The average molecular weight is 341 g/mol. The Kier molecular flexibility index (Phi) is 7.25. The van der Waals surface area contributed by atoms with E-state index >= 15 is 0 Å². The number of thioether (sulfide) groups is 1. The summed E-state index contributed by atoms with van der Waals surface area (Å²) in [6.07, 6.45) is 3.30. The lowest BCUT2D eigenvalue weighted by molar-refractivity contribution is -0.142. The molecule has 0 aromatic carbocycles. The van der Waals surface area contributed by atoms with Crippen LogP contribution in [0.25, 0.3) is 0 Å². The monoisotopic (exact) mass is 340 g/mol. The second-order valence-electron chi connectivity index (χ2n) is 5.38. The first-order valence-corrected chi connectivity index (χ1v) is 9.93. The third-order valence-electron chi connectivity index (χ3n) is 3.80. The summed E-state index contributed by atoms with van der Waals surface area (Å²) in [4.78, 5) is 27.4. The molecular weight excluding hydrogens is 316 g/mol. The van der Waals surface area contributed by atoms with Crippen molar-refractivity contribution < 1.29 is 9.59 Å². The number of carbonyl (C=O) groups excluding carboxylic acids is 2. The minimum Gasteiger partial charge on any atom is -0.353 e. The van der Waals surface area contributed by atoms with Gasteiger partial charge in [-0.05, 0) is 30.7 Å². The Labute approximate surface area is 140 Å². The molecule has 2 heterocycles. The third-order valence-corrected chi connectivity index (χ3v) is 5.87. The van der Waals surface area contributed by atoms with Crippen molar-refractivity contribution in [2.45, 2.75) is 44.4 Å². The zero-order chi connectivity index (χ0) is 15.8. The number of carbonyl (C=O) groups is 2. The highest BCUT2D eigenvalue weighted by atomic mass is 32.2. The predicted molar refractivity (Wildman–Crippen MR) is 93.1 cm³/mol. The molecule has 0 spiro atoms. The molecule has 22 heavy (non-hydrogen) atoms. The van der Waals surface area contributed by atoms with Crippen molar-refractivity contribution in [1.82, 2.24) is 10.2 Å². The molecule has 1 aliphatic heterocycles. The fourth-order valence-corrected chi connectivity index (χ4v) is 4.34. The van der Waals surface area contributed by atoms with E-state index in [1.54, 1.807) is 16.2 Å². The van der Waals surface area contributed by atoms with Gasteiger partial charge >= 0.3 is 0 Å². The van der Waals surface area contributed by atoms with Crippen molar-refractivity contribution in [3.05, 3.63) is 22.4 Å². The molecule has 1 N–H and O–H groups in total. The fraction of sp³-hybridized carbons (Fsp3) is 0.625. The minimum atomic E-state index is -0.261. The second-order valence-corrected chi connectivity index (χ2v) is 7.51. The van der Waals surface area contributed by atoms with Crippen LogP contribution < -0.4 is 5.32 Å². The number of rotatable bonds is 7. The first-order valence-electron chi connectivity index (χ1n) is 7.89. The molecule has 0 aliphatic carbocycles. The highest BCUT2D eigenvalue weighted by Gasteiger charge is 2.30. The maximum Gasteiger partial charge on any atom is 0.242 e. The number of piperidine rings is 1. The molecule has 1 saturated heterocycles. The van der Waals surface area contributed by atoms with E-state index in [4.69, 9.17) is 0 Å². The van der Waals surface area contributed by atoms with Crippen molar-refractivity contribution in [3.63, 3.8) is 0 Å². The SMILES string of the molecule is CCC(=O)N1CCCCC1C(=O)NCCSCc1cccs1. The number of nitrogens with one attached hydrogen (secondary N) is 1. The standard InChI is InChI=1S/C16H24N2O2S2/c1-2-15(19)18-9-4-3-7-14(18)16(20)17-8-11-21-12-13-6-5-10-22-13/h5-6,10,14H,2-4,7-9,11-12H2,1H3,(H,17,20). The van der Waals surface area contributed by atoms with Crippen LogP contribution in [0.3, 0.4) is 0 Å². The van der Waals surface area contributed by atoms with Gasteiger partial charge in [-0.1, -0.05) is 13.0 Å². The summed E-state index contributed by atoms with van der Waals surface area (Å²) >= 11 is 3.59. The maximum absolute atomic E-state index is 12.3. The molecular formula is C16H24N2O2S2. The van der Waals surface area contributed by atoms with E-state index in [0.717, 1.165) is 37.3 Å². The van der Waals surface area contributed by atoms with E-state index in [1.165, 1.54) is 4.88 Å². The number of hydrogen-bond acceptors (Lipinski definition) is 4. The number of hydrogen-bond donors (Lipinski definition) is 1. The molecule has 1 aromatic rings. The lowest BCUT2D eigenvalue weighted by atomic mass is 10.0. The van der Waals surface area contributed by atoms with Crippen LogP contribution in [-0.4, -0.2) is 41.6 Å². The van der Waals surface area contributed by atoms with Gasteiger partial charge in [0.25, 0.3) is 0 Å². The van der Waals surface area contributed by atoms with Crippen molar-refractivity contribution in [2.24, 2.45) is 0 Å². The summed E-state index contributed by atoms with van der Waals surface area (Å²) in [5, 5.41) is 5.07. The highest BCUT2D eigenvalue weighted by molar-refractivity contribution is 7.98. The summed E-state index contributed by atoms with van der Waals surface area (Å²) in [5.74, 6) is 2.00. The van der Waals surface area contributed by atoms with E-state index in [2.05, 4.69) is 22.8 Å². The van der Waals surface area contributed by atoms with Crippen molar-refractivity contribution in [3.8, 4) is 0 Å². The molecule has 1 unspecified atom stereocenters. The lowest BCUT2D eigenvalue weighted by Gasteiger charge is -2.34. The first kappa shape index (κ1) is 17.3. The van der Waals surface area contributed by atoms with E-state index in [9.17, 15) is 9.59 Å². The third kappa shape index (κ3) is 5.02. The summed E-state index contributed by atoms with van der Waals surface area (Å²) < 4.78 is 0. The Morgan fingerprint density at radius 2 is 2.32 bits per heavy atom. The quantitative estimate of drug-likeness (QED) is 0.777. The number of thiophene rings is 1. The fourth-order valence-electron chi connectivity index (χ4n) is 2.64. The molecule has 0 radical (unpaired) electrons. The van der Waals surface area contributed by atoms with E-state index in [0.29, 0.717) is 13.0 Å². The molecule has 1 aliphatic rings. The van der Waals surface area contributed by atoms with Crippen LogP contribution in [0.4, 0.5) is 0 Å². The van der Waals surface area contributed by atoms with Crippen LogP contribution >= 0.6 is 23.1 Å². The smallest absolute Gasteiger partial charge is 0.242 e. The van der Waals surface area contributed by atoms with Gasteiger partial charge in [-0.3, -0.25) is 9.59 Å². The Hall–Kier alpha value is -1.01. The van der Waals surface area contributed by atoms with Crippen LogP contribution in [0.15, 0.2) is 17.5 Å². The molecule has 4 nitrogen and oxygen atoms in total. The largest absolute Gasteiger partial charge is 0.353 e. The molecule has 6 heteroatoms. The Balaban J connectivity index is 1.69. The van der Waals surface area contributed by atoms with Gasteiger partial charge in [-0.25, -0.2) is 0 Å². The molecule has 1 aromatic heterocycles. The predicted octanol–water partition coefficient (Wildman–Crippen LogP) is 2.89. The van der Waals surface area contributed by atoms with Crippen molar-refractivity contribution in [2.75, 3.05) is 18.8 Å². The second kappa shape index (κ2) is 9.20. The summed E-state index contributed by atoms with van der Waals surface area (Å²) in [6.45, 7) is 3.24. The van der Waals surface area contributed by atoms with Crippen molar-refractivity contribution in [1.29, 1.82) is 0 Å². The molecule has 122 valence electrons.